The second-order valence-electron chi connectivity index (χ2n) is 7.42. The van der Waals surface area contributed by atoms with E-state index in [1.165, 1.54) is 17.3 Å². The number of aromatic nitrogens is 2. The monoisotopic (exact) mass is 477 g/mol. The number of benzene rings is 3. The van der Waals surface area contributed by atoms with Crippen LogP contribution in [0.25, 0.3) is 16.9 Å². The van der Waals surface area contributed by atoms with E-state index in [-0.39, 0.29) is 11.7 Å². The molecule has 0 aliphatic heterocycles. The van der Waals surface area contributed by atoms with Crippen LogP contribution in [0.4, 0.5) is 5.69 Å². The zero-order valence-corrected chi connectivity index (χ0v) is 20.0. The molecule has 0 aliphatic carbocycles. The fourth-order valence-electron chi connectivity index (χ4n) is 3.24. The van der Waals surface area contributed by atoms with E-state index in [2.05, 4.69) is 36.5 Å². The molecule has 0 unspecified atom stereocenters. The van der Waals surface area contributed by atoms with Crippen molar-refractivity contribution in [1.29, 1.82) is 0 Å². The number of nitrogens with one attached hydrogen (secondary N) is 1. The van der Waals surface area contributed by atoms with Crippen LogP contribution in [0.2, 0.25) is 5.02 Å². The highest BCUT2D eigenvalue weighted by Crippen LogP contribution is 2.29. The SMILES string of the molecule is CCOc1ccc(-c2cn(-c3ccc(C)cc3)c(SCC(=O)Nc3ccc(Cl)cc3)n2)cc1. The molecule has 1 aromatic heterocycles. The Morgan fingerprint density at radius 3 is 2.39 bits per heavy atom. The maximum atomic E-state index is 12.5. The maximum Gasteiger partial charge on any atom is 0.234 e. The molecule has 1 amide bonds. The van der Waals surface area contributed by atoms with Crippen molar-refractivity contribution in [2.24, 2.45) is 0 Å². The van der Waals surface area contributed by atoms with Gasteiger partial charge in [0.2, 0.25) is 5.91 Å². The van der Waals surface area contributed by atoms with Gasteiger partial charge in [-0.05, 0) is 74.5 Å². The molecule has 0 radical (unpaired) electrons. The average Bonchev–Trinajstić information content (AvgIpc) is 3.25. The number of thioether (sulfide) groups is 1. The van der Waals surface area contributed by atoms with Crippen molar-refractivity contribution in [3.05, 3.63) is 89.6 Å². The predicted molar refractivity (Wildman–Crippen MR) is 136 cm³/mol. The molecule has 0 atom stereocenters. The molecule has 4 rings (SSSR count). The Balaban J connectivity index is 1.56. The van der Waals surface area contributed by atoms with Gasteiger partial charge in [0.25, 0.3) is 0 Å². The number of carbonyl (C=O) groups is 1. The number of ether oxygens (including phenoxy) is 1. The van der Waals surface area contributed by atoms with Gasteiger partial charge in [0.05, 0.1) is 18.1 Å². The molecule has 0 spiro atoms. The lowest BCUT2D eigenvalue weighted by molar-refractivity contribution is -0.113. The summed E-state index contributed by atoms with van der Waals surface area (Å²) >= 11 is 7.31. The molecule has 0 saturated carbocycles. The van der Waals surface area contributed by atoms with Gasteiger partial charge in [-0.1, -0.05) is 41.1 Å². The Morgan fingerprint density at radius 2 is 1.73 bits per heavy atom. The normalized spacial score (nSPS) is 10.8. The number of hydrogen-bond acceptors (Lipinski definition) is 4. The van der Waals surface area contributed by atoms with Crippen molar-refractivity contribution in [3.8, 4) is 22.7 Å². The van der Waals surface area contributed by atoms with Crippen molar-refractivity contribution >= 4 is 35.0 Å². The van der Waals surface area contributed by atoms with Gasteiger partial charge in [-0.15, -0.1) is 0 Å². The molecule has 1 N–H and O–H groups in total. The molecule has 4 aromatic rings. The van der Waals surface area contributed by atoms with Crippen molar-refractivity contribution in [3.63, 3.8) is 0 Å². The lowest BCUT2D eigenvalue weighted by atomic mass is 10.1. The van der Waals surface area contributed by atoms with Crippen LogP contribution in [0.5, 0.6) is 5.75 Å². The van der Waals surface area contributed by atoms with Crippen LogP contribution in [0.1, 0.15) is 12.5 Å². The molecule has 33 heavy (non-hydrogen) atoms. The zero-order chi connectivity index (χ0) is 23.2. The highest BCUT2D eigenvalue weighted by Gasteiger charge is 2.14. The summed E-state index contributed by atoms with van der Waals surface area (Å²) in [6, 6.07) is 23.2. The van der Waals surface area contributed by atoms with Gasteiger partial charge >= 0.3 is 0 Å². The number of aryl methyl sites for hydroxylation is 1. The molecule has 3 aromatic carbocycles. The number of nitrogens with zero attached hydrogens (tertiary/aromatic N) is 2. The average molecular weight is 478 g/mol. The zero-order valence-electron chi connectivity index (χ0n) is 18.4. The molecule has 5 nitrogen and oxygen atoms in total. The number of halogens is 1. The Hall–Kier alpha value is -3.22. The van der Waals surface area contributed by atoms with E-state index in [9.17, 15) is 4.79 Å². The van der Waals surface area contributed by atoms with Crippen LogP contribution in [0.15, 0.2) is 84.1 Å². The minimum Gasteiger partial charge on any atom is -0.494 e. The maximum absolute atomic E-state index is 12.5. The number of carbonyl (C=O) groups excluding carboxylic acids is 1. The van der Waals surface area contributed by atoms with Crippen molar-refractivity contribution < 1.29 is 9.53 Å². The number of imidazole rings is 1. The quantitative estimate of drug-likeness (QED) is 0.289. The molecule has 0 aliphatic rings. The number of anilines is 1. The molecular weight excluding hydrogens is 454 g/mol. The summed E-state index contributed by atoms with van der Waals surface area (Å²) in [5, 5.41) is 4.27. The van der Waals surface area contributed by atoms with Crippen molar-refractivity contribution in [2.75, 3.05) is 17.7 Å². The molecular formula is C26H24ClN3O2S. The number of hydrogen-bond donors (Lipinski definition) is 1. The van der Waals surface area contributed by atoms with Crippen LogP contribution in [0.3, 0.4) is 0 Å². The Kier molecular flexibility index (Phi) is 7.37. The fourth-order valence-corrected chi connectivity index (χ4v) is 4.16. The summed E-state index contributed by atoms with van der Waals surface area (Å²) in [5.41, 5.74) is 4.70. The minimum absolute atomic E-state index is 0.108. The Morgan fingerprint density at radius 1 is 1.03 bits per heavy atom. The summed E-state index contributed by atoms with van der Waals surface area (Å²) in [6.07, 6.45) is 2.00. The van der Waals surface area contributed by atoms with E-state index in [0.29, 0.717) is 17.3 Å². The van der Waals surface area contributed by atoms with Crippen LogP contribution in [0, 0.1) is 6.92 Å². The number of amides is 1. The lowest BCUT2D eigenvalue weighted by Gasteiger charge is -2.08. The predicted octanol–water partition coefficient (Wildman–Crippen LogP) is 6.63. The Labute approximate surface area is 202 Å². The van der Waals surface area contributed by atoms with Crippen LogP contribution < -0.4 is 10.1 Å². The van der Waals surface area contributed by atoms with Gasteiger partial charge in [0.1, 0.15) is 5.75 Å². The van der Waals surface area contributed by atoms with Crippen LogP contribution >= 0.6 is 23.4 Å². The summed E-state index contributed by atoms with van der Waals surface area (Å²) in [6.45, 7) is 4.64. The fraction of sp³-hybridized carbons (Fsp3) is 0.154. The first kappa shape index (κ1) is 23.0. The van der Waals surface area contributed by atoms with Gasteiger partial charge in [-0.3, -0.25) is 9.36 Å². The Bertz CT molecular complexity index is 1220. The first-order chi connectivity index (χ1) is 16.0. The van der Waals surface area contributed by atoms with E-state index in [0.717, 1.165) is 27.9 Å². The van der Waals surface area contributed by atoms with Gasteiger partial charge < -0.3 is 10.1 Å². The summed E-state index contributed by atoms with van der Waals surface area (Å²) in [7, 11) is 0. The molecule has 0 saturated heterocycles. The first-order valence-electron chi connectivity index (χ1n) is 10.6. The van der Waals surface area contributed by atoms with E-state index >= 15 is 0 Å². The second kappa shape index (κ2) is 10.6. The largest absolute Gasteiger partial charge is 0.494 e. The van der Waals surface area contributed by atoms with E-state index in [1.807, 2.05) is 42.0 Å². The lowest BCUT2D eigenvalue weighted by Crippen LogP contribution is -2.14. The molecule has 1 heterocycles. The van der Waals surface area contributed by atoms with Crippen molar-refractivity contribution in [2.45, 2.75) is 19.0 Å². The third-order valence-corrected chi connectivity index (χ3v) is 6.11. The first-order valence-corrected chi connectivity index (χ1v) is 12.0. The highest BCUT2D eigenvalue weighted by molar-refractivity contribution is 7.99. The van der Waals surface area contributed by atoms with Crippen molar-refractivity contribution in [1.82, 2.24) is 9.55 Å². The van der Waals surface area contributed by atoms with Crippen LogP contribution in [-0.4, -0.2) is 27.8 Å². The van der Waals surface area contributed by atoms with Crippen LogP contribution in [-0.2, 0) is 4.79 Å². The van der Waals surface area contributed by atoms with Gasteiger partial charge in [-0.25, -0.2) is 4.98 Å². The van der Waals surface area contributed by atoms with Gasteiger partial charge in [0.15, 0.2) is 5.16 Å². The molecule has 7 heteroatoms. The second-order valence-corrected chi connectivity index (χ2v) is 8.79. The summed E-state index contributed by atoms with van der Waals surface area (Å²) < 4.78 is 7.56. The van der Waals surface area contributed by atoms with E-state index in [4.69, 9.17) is 21.3 Å². The van der Waals surface area contributed by atoms with E-state index < -0.39 is 0 Å². The topological polar surface area (TPSA) is 56.1 Å². The third-order valence-electron chi connectivity index (χ3n) is 4.91. The highest BCUT2D eigenvalue weighted by atomic mass is 35.5. The molecule has 0 bridgehead atoms. The van der Waals surface area contributed by atoms with Gasteiger partial charge in [0, 0.05) is 28.2 Å². The van der Waals surface area contributed by atoms with E-state index in [1.54, 1.807) is 24.3 Å². The molecule has 0 fully saturated rings. The standard InChI is InChI=1S/C26H24ClN3O2S/c1-3-32-23-14-6-19(7-15-23)24-16-30(22-12-4-18(2)5-13-22)26(29-24)33-17-25(31)28-21-10-8-20(27)9-11-21/h4-16H,3,17H2,1-2H3,(H,28,31). The summed E-state index contributed by atoms with van der Waals surface area (Å²) in [4.78, 5) is 17.4. The third kappa shape index (κ3) is 5.97. The number of rotatable bonds is 8. The smallest absolute Gasteiger partial charge is 0.234 e. The summed E-state index contributed by atoms with van der Waals surface area (Å²) in [5.74, 6) is 0.949. The molecule has 168 valence electrons. The van der Waals surface area contributed by atoms with Gasteiger partial charge in [-0.2, -0.15) is 0 Å². The minimum atomic E-state index is -0.108.